The molecule has 0 spiro atoms. The van der Waals surface area contributed by atoms with Gasteiger partial charge in [0.25, 0.3) is 11.6 Å². The summed E-state index contributed by atoms with van der Waals surface area (Å²) in [6, 6.07) is 17.7. The molecule has 0 saturated carbocycles. The van der Waals surface area contributed by atoms with Crippen molar-refractivity contribution in [3.05, 3.63) is 105 Å². The highest BCUT2D eigenvalue weighted by Gasteiger charge is 2.15. The van der Waals surface area contributed by atoms with Crippen molar-refractivity contribution in [1.29, 1.82) is 0 Å². The molecule has 0 aliphatic carbocycles. The van der Waals surface area contributed by atoms with E-state index in [0.29, 0.717) is 11.1 Å². The Morgan fingerprint density at radius 2 is 1.80 bits per heavy atom. The van der Waals surface area contributed by atoms with Crippen molar-refractivity contribution in [3.8, 4) is 11.1 Å². The van der Waals surface area contributed by atoms with Crippen molar-refractivity contribution >= 4 is 28.3 Å². The monoisotopic (exact) mass is 404 g/mol. The second-order valence-corrected chi connectivity index (χ2v) is 6.44. The number of fused-ring (bicyclic) bond motifs is 1. The highest BCUT2D eigenvalue weighted by Crippen LogP contribution is 2.24. The average Bonchev–Trinajstić information content (AvgIpc) is 2.74. The third-order valence-corrected chi connectivity index (χ3v) is 4.49. The molecule has 1 heterocycles. The van der Waals surface area contributed by atoms with Crippen molar-refractivity contribution < 1.29 is 18.5 Å². The molecule has 0 aliphatic heterocycles. The molecule has 3 aromatic carbocycles. The molecule has 0 unspecified atom stereocenters. The van der Waals surface area contributed by atoms with Crippen LogP contribution in [-0.4, -0.2) is 10.8 Å². The summed E-state index contributed by atoms with van der Waals surface area (Å²) in [5, 5.41) is 13.9. The van der Waals surface area contributed by atoms with E-state index in [1.807, 2.05) is 6.07 Å². The van der Waals surface area contributed by atoms with Crippen LogP contribution in [0.2, 0.25) is 0 Å². The molecule has 8 heteroatoms. The van der Waals surface area contributed by atoms with Gasteiger partial charge in [-0.1, -0.05) is 30.3 Å². The van der Waals surface area contributed by atoms with Crippen molar-refractivity contribution in [2.24, 2.45) is 0 Å². The van der Waals surface area contributed by atoms with E-state index in [4.69, 9.17) is 4.42 Å². The Morgan fingerprint density at radius 1 is 1.00 bits per heavy atom. The fourth-order valence-corrected chi connectivity index (χ4v) is 3.01. The lowest BCUT2D eigenvalue weighted by Gasteiger charge is -2.08. The van der Waals surface area contributed by atoms with Crippen LogP contribution in [0.4, 0.5) is 15.8 Å². The van der Waals surface area contributed by atoms with E-state index in [1.54, 1.807) is 36.4 Å². The molecule has 0 atom stereocenters. The number of rotatable bonds is 4. The van der Waals surface area contributed by atoms with Gasteiger partial charge >= 0.3 is 5.63 Å². The van der Waals surface area contributed by atoms with Crippen molar-refractivity contribution in [3.63, 3.8) is 0 Å². The number of carbonyl (C=O) groups is 1. The summed E-state index contributed by atoms with van der Waals surface area (Å²) in [6.07, 6.45) is 0. The Labute approximate surface area is 168 Å². The Balaban J connectivity index is 1.68. The highest BCUT2D eigenvalue weighted by molar-refractivity contribution is 6.05. The maximum absolute atomic E-state index is 14.0. The van der Waals surface area contributed by atoms with E-state index in [2.05, 4.69) is 5.32 Å². The van der Waals surface area contributed by atoms with Gasteiger partial charge in [-0.3, -0.25) is 14.9 Å². The number of anilines is 1. The number of halogens is 1. The number of nitro groups is 1. The van der Waals surface area contributed by atoms with Crippen LogP contribution in [0.15, 0.2) is 82.0 Å². The number of benzene rings is 3. The summed E-state index contributed by atoms with van der Waals surface area (Å²) in [7, 11) is 0. The third-order valence-electron chi connectivity index (χ3n) is 4.49. The van der Waals surface area contributed by atoms with E-state index < -0.39 is 22.3 Å². The smallest absolute Gasteiger partial charge is 0.344 e. The van der Waals surface area contributed by atoms with Gasteiger partial charge in [-0.25, -0.2) is 9.18 Å². The fourth-order valence-electron chi connectivity index (χ4n) is 3.01. The van der Waals surface area contributed by atoms with Crippen molar-refractivity contribution in [2.75, 3.05) is 5.32 Å². The predicted molar refractivity (Wildman–Crippen MR) is 109 cm³/mol. The summed E-state index contributed by atoms with van der Waals surface area (Å²) >= 11 is 0. The van der Waals surface area contributed by atoms with Gasteiger partial charge in [0.15, 0.2) is 0 Å². The molecule has 0 radical (unpaired) electrons. The minimum atomic E-state index is -0.805. The van der Waals surface area contributed by atoms with Gasteiger partial charge in [0.2, 0.25) is 0 Å². The number of carbonyl (C=O) groups excluding carboxylic acids is 1. The van der Waals surface area contributed by atoms with Crippen molar-refractivity contribution in [1.82, 2.24) is 0 Å². The van der Waals surface area contributed by atoms with Gasteiger partial charge in [-0.05, 0) is 35.9 Å². The first-order valence-electron chi connectivity index (χ1n) is 8.81. The quantitative estimate of drug-likeness (QED) is 0.300. The molecule has 1 aromatic heterocycles. The second kappa shape index (κ2) is 7.59. The molecular formula is C22H13FN2O5. The van der Waals surface area contributed by atoms with E-state index in [1.165, 1.54) is 12.1 Å². The number of nitro benzene ring substituents is 1. The number of nitrogens with zero attached hydrogens (tertiary/aromatic N) is 1. The largest absolute Gasteiger partial charge is 0.422 e. The number of para-hydroxylation sites is 1. The van der Waals surface area contributed by atoms with Crippen LogP contribution in [-0.2, 0) is 0 Å². The molecule has 0 aliphatic rings. The molecule has 1 amide bonds. The highest BCUT2D eigenvalue weighted by atomic mass is 19.1. The molecule has 148 valence electrons. The number of nitrogens with one attached hydrogen (secondary N) is 1. The normalized spacial score (nSPS) is 10.7. The second-order valence-electron chi connectivity index (χ2n) is 6.44. The number of hydrogen-bond acceptors (Lipinski definition) is 5. The van der Waals surface area contributed by atoms with Crippen molar-refractivity contribution in [2.45, 2.75) is 0 Å². The van der Waals surface area contributed by atoms with Crippen LogP contribution in [0.1, 0.15) is 10.4 Å². The number of hydrogen-bond donors (Lipinski definition) is 1. The molecule has 4 rings (SSSR count). The summed E-state index contributed by atoms with van der Waals surface area (Å²) in [5.41, 5.74) is 0.0776. The Morgan fingerprint density at radius 3 is 2.60 bits per heavy atom. The zero-order valence-electron chi connectivity index (χ0n) is 15.3. The van der Waals surface area contributed by atoms with E-state index in [0.717, 1.165) is 23.6 Å². The lowest BCUT2D eigenvalue weighted by atomic mass is 10.0. The van der Waals surface area contributed by atoms with Gasteiger partial charge in [-0.2, -0.15) is 0 Å². The number of non-ortho nitro benzene ring substituents is 1. The van der Waals surface area contributed by atoms with Gasteiger partial charge in [0, 0.05) is 23.1 Å². The molecule has 0 saturated heterocycles. The van der Waals surface area contributed by atoms with Gasteiger partial charge in [-0.15, -0.1) is 0 Å². The minimum Gasteiger partial charge on any atom is -0.422 e. The van der Waals surface area contributed by atoms with Gasteiger partial charge < -0.3 is 9.73 Å². The van der Waals surface area contributed by atoms with Crippen LogP contribution in [0.5, 0.6) is 0 Å². The zero-order chi connectivity index (χ0) is 21.3. The summed E-state index contributed by atoms with van der Waals surface area (Å²) < 4.78 is 19.3. The average molecular weight is 404 g/mol. The topological polar surface area (TPSA) is 102 Å². The van der Waals surface area contributed by atoms with Gasteiger partial charge in [0.1, 0.15) is 11.4 Å². The molecule has 0 bridgehead atoms. The van der Waals surface area contributed by atoms with Crippen LogP contribution in [0.25, 0.3) is 22.1 Å². The van der Waals surface area contributed by atoms with Crippen LogP contribution < -0.4 is 10.9 Å². The zero-order valence-corrected chi connectivity index (χ0v) is 15.3. The predicted octanol–water partition coefficient (Wildman–Crippen LogP) is 4.76. The van der Waals surface area contributed by atoms with Crippen LogP contribution in [0.3, 0.4) is 0 Å². The first-order valence-corrected chi connectivity index (χ1v) is 8.81. The van der Waals surface area contributed by atoms with Gasteiger partial charge in [0.05, 0.1) is 16.2 Å². The maximum Gasteiger partial charge on any atom is 0.344 e. The van der Waals surface area contributed by atoms with E-state index >= 15 is 0 Å². The lowest BCUT2D eigenvalue weighted by Crippen LogP contribution is -2.13. The summed E-state index contributed by atoms with van der Waals surface area (Å²) in [6.45, 7) is 0. The fraction of sp³-hybridized carbons (Fsp3) is 0. The molecular weight excluding hydrogens is 391 g/mol. The Kier molecular flexibility index (Phi) is 4.81. The number of amides is 1. The first kappa shape index (κ1) is 19.0. The minimum absolute atomic E-state index is 0.144. The standard InChI is InChI=1S/C22H13FN2O5/c23-18-9-8-16(25(28)29)12-19(18)24-21(26)15-6-3-5-13(10-15)17-11-14-4-1-2-7-20(14)30-22(17)27/h1-12H,(H,24,26). The third kappa shape index (κ3) is 3.66. The van der Waals surface area contributed by atoms with Crippen LogP contribution >= 0.6 is 0 Å². The molecule has 1 N–H and O–H groups in total. The molecule has 7 nitrogen and oxygen atoms in total. The van der Waals surface area contributed by atoms with E-state index in [9.17, 15) is 24.1 Å². The molecule has 30 heavy (non-hydrogen) atoms. The Hall–Kier alpha value is -4.33. The first-order chi connectivity index (χ1) is 14.4. The lowest BCUT2D eigenvalue weighted by molar-refractivity contribution is -0.384. The maximum atomic E-state index is 14.0. The Bertz CT molecular complexity index is 1360. The molecule has 0 fully saturated rings. The van der Waals surface area contributed by atoms with E-state index in [-0.39, 0.29) is 22.5 Å². The molecule has 4 aromatic rings. The SMILES string of the molecule is O=C(Nc1cc([N+](=O)[O-])ccc1F)c1cccc(-c2cc3ccccc3oc2=O)c1. The summed E-state index contributed by atoms with van der Waals surface area (Å²) in [4.78, 5) is 35.1. The van der Waals surface area contributed by atoms with Crippen LogP contribution in [0, 0.1) is 15.9 Å². The summed E-state index contributed by atoms with van der Waals surface area (Å²) in [5.74, 6) is -1.48.